The lowest BCUT2D eigenvalue weighted by atomic mass is 10.1. The molecule has 0 bridgehead atoms. The van der Waals surface area contributed by atoms with Crippen LogP contribution in [0.25, 0.3) is 0 Å². The van der Waals surface area contributed by atoms with Gasteiger partial charge in [0.15, 0.2) is 0 Å². The molecule has 1 aromatic carbocycles. The van der Waals surface area contributed by atoms with E-state index in [1.807, 2.05) is 35.0 Å². The number of imidazole rings is 1. The topological polar surface area (TPSA) is 67.2 Å². The molecule has 1 heterocycles. The molecule has 5 heteroatoms. The second-order valence-electron chi connectivity index (χ2n) is 4.27. The number of aliphatic hydroxyl groups is 1. The number of aryl methyl sites for hydroxylation is 1. The molecule has 2 N–H and O–H groups in total. The van der Waals surface area contributed by atoms with E-state index in [1.165, 1.54) is 0 Å². The molecule has 1 amide bonds. The van der Waals surface area contributed by atoms with Crippen LogP contribution in [0.4, 0.5) is 5.69 Å². The summed E-state index contributed by atoms with van der Waals surface area (Å²) in [5, 5.41) is 11.7. The molecule has 0 aliphatic carbocycles. The van der Waals surface area contributed by atoms with E-state index in [0.29, 0.717) is 19.4 Å². The summed E-state index contributed by atoms with van der Waals surface area (Å²) >= 11 is 0. The largest absolute Gasteiger partial charge is 0.396 e. The highest BCUT2D eigenvalue weighted by molar-refractivity contribution is 5.90. The molecular weight excluding hydrogens is 242 g/mol. The summed E-state index contributed by atoms with van der Waals surface area (Å²) < 4.78 is 1.87. The van der Waals surface area contributed by atoms with Gasteiger partial charge >= 0.3 is 0 Å². The zero-order valence-electron chi connectivity index (χ0n) is 10.6. The van der Waals surface area contributed by atoms with Gasteiger partial charge in [0, 0.05) is 37.7 Å². The minimum Gasteiger partial charge on any atom is -0.396 e. The van der Waals surface area contributed by atoms with Gasteiger partial charge in [-0.05, 0) is 24.1 Å². The van der Waals surface area contributed by atoms with Gasteiger partial charge in [0.2, 0.25) is 5.91 Å². The van der Waals surface area contributed by atoms with Gasteiger partial charge in [-0.25, -0.2) is 4.98 Å². The summed E-state index contributed by atoms with van der Waals surface area (Å²) in [5.74, 6) is -0.0244. The third kappa shape index (κ3) is 4.22. The number of nitrogens with one attached hydrogen (secondary N) is 1. The van der Waals surface area contributed by atoms with Crippen LogP contribution in [0.1, 0.15) is 12.0 Å². The molecular formula is C14H17N3O2. The van der Waals surface area contributed by atoms with Gasteiger partial charge in [0.05, 0.1) is 6.33 Å². The van der Waals surface area contributed by atoms with Gasteiger partial charge in [-0.2, -0.15) is 0 Å². The number of nitrogens with zero attached hydrogens (tertiary/aromatic N) is 2. The van der Waals surface area contributed by atoms with Crippen molar-refractivity contribution in [2.45, 2.75) is 19.4 Å². The Hall–Kier alpha value is -2.14. The summed E-state index contributed by atoms with van der Waals surface area (Å²) in [5.41, 5.74) is 1.83. The summed E-state index contributed by atoms with van der Waals surface area (Å²) in [6.07, 6.45) is 6.26. The summed E-state index contributed by atoms with van der Waals surface area (Å²) in [6.45, 7) is 0.755. The average molecular weight is 259 g/mol. The minimum atomic E-state index is -0.0244. The number of rotatable bonds is 6. The zero-order chi connectivity index (χ0) is 13.5. The van der Waals surface area contributed by atoms with Crippen molar-refractivity contribution in [2.75, 3.05) is 11.9 Å². The summed E-state index contributed by atoms with van der Waals surface area (Å²) in [6, 6.07) is 7.50. The first-order chi connectivity index (χ1) is 9.28. The van der Waals surface area contributed by atoms with E-state index < -0.39 is 0 Å². The van der Waals surface area contributed by atoms with E-state index >= 15 is 0 Å². The Balaban J connectivity index is 1.81. The molecule has 0 radical (unpaired) electrons. The van der Waals surface area contributed by atoms with E-state index in [0.717, 1.165) is 11.3 Å². The first kappa shape index (κ1) is 13.3. The lowest BCUT2D eigenvalue weighted by Gasteiger charge is -2.06. The van der Waals surface area contributed by atoms with Gasteiger partial charge in [-0.1, -0.05) is 12.1 Å². The Kier molecular flexibility index (Phi) is 4.69. The molecule has 0 saturated carbocycles. The first-order valence-electron chi connectivity index (χ1n) is 6.23. The van der Waals surface area contributed by atoms with Crippen LogP contribution in [-0.2, 0) is 17.8 Å². The van der Waals surface area contributed by atoms with Crippen molar-refractivity contribution in [3.63, 3.8) is 0 Å². The first-order valence-corrected chi connectivity index (χ1v) is 6.23. The van der Waals surface area contributed by atoms with Crippen LogP contribution in [-0.4, -0.2) is 27.2 Å². The maximum atomic E-state index is 11.7. The summed E-state index contributed by atoms with van der Waals surface area (Å²) in [4.78, 5) is 15.7. The minimum absolute atomic E-state index is 0.0244. The van der Waals surface area contributed by atoms with Crippen molar-refractivity contribution in [3.05, 3.63) is 48.5 Å². The molecule has 100 valence electrons. The van der Waals surface area contributed by atoms with E-state index in [1.54, 1.807) is 12.5 Å². The average Bonchev–Trinajstić information content (AvgIpc) is 2.92. The maximum Gasteiger partial charge on any atom is 0.226 e. The molecule has 0 atom stereocenters. The fraction of sp³-hybridized carbons (Fsp3) is 0.286. The van der Waals surface area contributed by atoms with E-state index in [2.05, 4.69) is 10.3 Å². The van der Waals surface area contributed by atoms with Gasteiger partial charge < -0.3 is 15.0 Å². The van der Waals surface area contributed by atoms with Gasteiger partial charge in [-0.15, -0.1) is 0 Å². The lowest BCUT2D eigenvalue weighted by molar-refractivity contribution is -0.116. The van der Waals surface area contributed by atoms with Crippen LogP contribution in [0.2, 0.25) is 0 Å². The molecule has 0 aliphatic rings. The third-order valence-electron chi connectivity index (χ3n) is 2.79. The summed E-state index contributed by atoms with van der Waals surface area (Å²) in [7, 11) is 0. The number of carbonyl (C=O) groups excluding carboxylic acids is 1. The molecule has 0 spiro atoms. The second-order valence-corrected chi connectivity index (χ2v) is 4.27. The number of aromatic nitrogens is 2. The van der Waals surface area contributed by atoms with Crippen molar-refractivity contribution in [1.82, 2.24) is 9.55 Å². The predicted octanol–water partition coefficient (Wildman–Crippen LogP) is 1.45. The standard InChI is InChI=1S/C14H17N3O2/c18-10-6-12-1-3-13(4-2-12)16-14(19)5-8-17-9-7-15-11-17/h1-4,7,9,11,18H,5-6,8,10H2,(H,16,19). The molecule has 19 heavy (non-hydrogen) atoms. The highest BCUT2D eigenvalue weighted by Gasteiger charge is 2.02. The number of hydrogen-bond donors (Lipinski definition) is 2. The van der Waals surface area contributed by atoms with Crippen molar-refractivity contribution in [3.8, 4) is 0 Å². The molecule has 0 saturated heterocycles. The number of anilines is 1. The van der Waals surface area contributed by atoms with Gasteiger partial charge in [-0.3, -0.25) is 4.79 Å². The third-order valence-corrected chi connectivity index (χ3v) is 2.79. The molecule has 2 aromatic rings. The van der Waals surface area contributed by atoms with Crippen LogP contribution in [0.3, 0.4) is 0 Å². The smallest absolute Gasteiger partial charge is 0.226 e. The van der Waals surface area contributed by atoms with E-state index in [4.69, 9.17) is 5.11 Å². The van der Waals surface area contributed by atoms with Crippen molar-refractivity contribution >= 4 is 11.6 Å². The monoisotopic (exact) mass is 259 g/mol. The number of amides is 1. The highest BCUT2D eigenvalue weighted by Crippen LogP contribution is 2.10. The Morgan fingerprint density at radius 2 is 2.11 bits per heavy atom. The second kappa shape index (κ2) is 6.70. The zero-order valence-corrected chi connectivity index (χ0v) is 10.6. The Bertz CT molecular complexity index is 506. The number of benzene rings is 1. The molecule has 0 aliphatic heterocycles. The quantitative estimate of drug-likeness (QED) is 0.825. The van der Waals surface area contributed by atoms with Gasteiger partial charge in [0.1, 0.15) is 0 Å². The van der Waals surface area contributed by atoms with E-state index in [9.17, 15) is 4.79 Å². The van der Waals surface area contributed by atoms with Crippen LogP contribution < -0.4 is 5.32 Å². The van der Waals surface area contributed by atoms with Crippen LogP contribution in [0.5, 0.6) is 0 Å². The number of hydrogen-bond acceptors (Lipinski definition) is 3. The van der Waals surface area contributed by atoms with Crippen molar-refractivity contribution < 1.29 is 9.90 Å². The van der Waals surface area contributed by atoms with Crippen LogP contribution >= 0.6 is 0 Å². The number of carbonyl (C=O) groups is 1. The number of aliphatic hydroxyl groups excluding tert-OH is 1. The van der Waals surface area contributed by atoms with Crippen molar-refractivity contribution in [1.29, 1.82) is 0 Å². The van der Waals surface area contributed by atoms with Crippen LogP contribution in [0.15, 0.2) is 43.0 Å². The van der Waals surface area contributed by atoms with Gasteiger partial charge in [0.25, 0.3) is 0 Å². The Morgan fingerprint density at radius 1 is 1.32 bits per heavy atom. The SMILES string of the molecule is O=C(CCn1ccnc1)Nc1ccc(CCO)cc1. The molecule has 5 nitrogen and oxygen atoms in total. The highest BCUT2D eigenvalue weighted by atomic mass is 16.2. The van der Waals surface area contributed by atoms with Crippen molar-refractivity contribution in [2.24, 2.45) is 0 Å². The predicted molar refractivity (Wildman–Crippen MR) is 72.7 cm³/mol. The molecule has 0 fully saturated rings. The molecule has 0 unspecified atom stereocenters. The fourth-order valence-electron chi connectivity index (χ4n) is 1.76. The normalized spacial score (nSPS) is 10.4. The Labute approximate surface area is 111 Å². The van der Waals surface area contributed by atoms with E-state index in [-0.39, 0.29) is 12.5 Å². The Morgan fingerprint density at radius 3 is 2.74 bits per heavy atom. The molecule has 1 aromatic heterocycles. The lowest BCUT2D eigenvalue weighted by Crippen LogP contribution is -2.14. The van der Waals surface area contributed by atoms with Crippen LogP contribution in [0, 0.1) is 0 Å². The molecule has 2 rings (SSSR count). The fourth-order valence-corrected chi connectivity index (χ4v) is 1.76. The maximum absolute atomic E-state index is 11.7.